The van der Waals surface area contributed by atoms with Gasteiger partial charge in [0.25, 0.3) is 0 Å². The summed E-state index contributed by atoms with van der Waals surface area (Å²) in [6.07, 6.45) is 41.8. The first-order valence-corrected chi connectivity index (χ1v) is 22.5. The van der Waals surface area contributed by atoms with Crippen molar-refractivity contribution < 1.29 is 31.2 Å². The Morgan fingerprint density at radius 2 is 0.800 bits per heavy atom. The van der Waals surface area contributed by atoms with Gasteiger partial charge >= 0.3 is 0 Å². The Hall–Kier alpha value is -0.360. The van der Waals surface area contributed by atoms with Crippen LogP contribution in [0.1, 0.15) is 220 Å². The summed E-state index contributed by atoms with van der Waals surface area (Å²) in [5.74, 6) is 0.338. The maximum atomic E-state index is 12.6. The molecule has 1 saturated heterocycles. The quantitative estimate of drug-likeness (QED) is 0.0466. The first-order chi connectivity index (χ1) is 24.2. The first-order valence-electron chi connectivity index (χ1n) is 22.5. The van der Waals surface area contributed by atoms with Crippen LogP contribution < -0.4 is 12.4 Å². The molecule has 0 radical (unpaired) electrons. The van der Waals surface area contributed by atoms with Crippen molar-refractivity contribution in [3.8, 4) is 0 Å². The lowest BCUT2D eigenvalue weighted by Gasteiger charge is -2.41. The van der Waals surface area contributed by atoms with Crippen molar-refractivity contribution in [1.29, 1.82) is 0 Å². The minimum atomic E-state index is 0. The van der Waals surface area contributed by atoms with Gasteiger partial charge in [-0.15, -0.1) is 0 Å². The molecule has 0 aromatic rings. The fourth-order valence-electron chi connectivity index (χ4n) is 7.76. The van der Waals surface area contributed by atoms with Crippen molar-refractivity contribution in [2.24, 2.45) is 0 Å². The van der Waals surface area contributed by atoms with Crippen LogP contribution in [0.25, 0.3) is 0 Å². The fourth-order valence-corrected chi connectivity index (χ4v) is 7.76. The Bertz CT molecular complexity index is 656. The van der Waals surface area contributed by atoms with Crippen LogP contribution in [0.4, 0.5) is 0 Å². The molecule has 0 aromatic carbocycles. The first kappa shape index (κ1) is 49.6. The molecule has 0 bridgehead atoms. The smallest absolute Gasteiger partial charge is 0.226 e. The molecular weight excluding hydrogens is 640 g/mol. The van der Waals surface area contributed by atoms with E-state index >= 15 is 0 Å². The number of unbranched alkanes of at least 4 members (excludes halogenated alkanes) is 26. The molecule has 1 aliphatic rings. The fraction of sp³-hybridized carbons (Fsp3) is 0.977. The van der Waals surface area contributed by atoms with E-state index in [0.29, 0.717) is 5.91 Å². The highest BCUT2D eigenvalue weighted by Gasteiger charge is 2.33. The second kappa shape index (κ2) is 38.4. The van der Waals surface area contributed by atoms with E-state index in [4.69, 9.17) is 9.47 Å². The Morgan fingerprint density at radius 3 is 1.10 bits per heavy atom. The number of nitrogens with zero attached hydrogens (tertiary/aromatic N) is 2. The number of amides is 1. The van der Waals surface area contributed by atoms with Crippen molar-refractivity contribution in [3.63, 3.8) is 0 Å². The summed E-state index contributed by atoms with van der Waals surface area (Å²) in [6.45, 7) is 15.0. The highest BCUT2D eigenvalue weighted by atomic mass is 35.5. The second-order valence-electron chi connectivity index (χ2n) is 15.8. The number of halogens is 1. The van der Waals surface area contributed by atoms with Gasteiger partial charge in [0.1, 0.15) is 13.1 Å². The van der Waals surface area contributed by atoms with Crippen LogP contribution in [0.2, 0.25) is 0 Å². The Labute approximate surface area is 320 Å². The van der Waals surface area contributed by atoms with Crippen LogP contribution >= 0.6 is 0 Å². The van der Waals surface area contributed by atoms with Gasteiger partial charge in [-0.2, -0.15) is 0 Å². The molecule has 0 aromatic heterocycles. The zero-order chi connectivity index (χ0) is 35.4. The Balaban J connectivity index is 0.0000240. The van der Waals surface area contributed by atoms with Gasteiger partial charge in [-0.3, -0.25) is 9.69 Å². The van der Waals surface area contributed by atoms with Crippen LogP contribution in [-0.2, 0) is 14.3 Å². The van der Waals surface area contributed by atoms with E-state index in [0.717, 1.165) is 83.0 Å². The molecule has 50 heavy (non-hydrogen) atoms. The van der Waals surface area contributed by atoms with Crippen LogP contribution in [-0.4, -0.2) is 74.6 Å². The average Bonchev–Trinajstić information content (AvgIpc) is 3.50. The molecular formula is C44H89ClN2O3. The molecule has 5 nitrogen and oxygen atoms in total. The van der Waals surface area contributed by atoms with E-state index in [-0.39, 0.29) is 12.4 Å². The van der Waals surface area contributed by atoms with Crippen molar-refractivity contribution in [1.82, 2.24) is 4.90 Å². The molecule has 0 spiro atoms. The molecule has 0 atom stereocenters. The van der Waals surface area contributed by atoms with Gasteiger partial charge in [0, 0.05) is 26.2 Å². The number of rotatable bonds is 40. The van der Waals surface area contributed by atoms with Crippen molar-refractivity contribution in [2.75, 3.05) is 59.3 Å². The summed E-state index contributed by atoms with van der Waals surface area (Å²) in [6, 6.07) is 0. The maximum absolute atomic E-state index is 12.6. The number of likely N-dealkylation sites (tertiary alicyclic amines) is 1. The summed E-state index contributed by atoms with van der Waals surface area (Å²) in [5.41, 5.74) is 0. The van der Waals surface area contributed by atoms with E-state index in [2.05, 4.69) is 25.7 Å². The van der Waals surface area contributed by atoms with Gasteiger partial charge in [0.2, 0.25) is 5.91 Å². The van der Waals surface area contributed by atoms with Crippen LogP contribution in [0.3, 0.4) is 0 Å². The van der Waals surface area contributed by atoms with Crippen LogP contribution in [0.15, 0.2) is 0 Å². The number of hydrogen-bond donors (Lipinski definition) is 0. The minimum absolute atomic E-state index is 0. The van der Waals surface area contributed by atoms with Gasteiger partial charge in [-0.25, -0.2) is 0 Å². The van der Waals surface area contributed by atoms with E-state index in [1.807, 2.05) is 0 Å². The molecule has 0 aliphatic carbocycles. The third-order valence-electron chi connectivity index (χ3n) is 11.0. The molecule has 0 N–H and O–H groups in total. The molecule has 1 amide bonds. The van der Waals surface area contributed by atoms with Gasteiger partial charge < -0.3 is 26.4 Å². The standard InChI is InChI=1S/C44H89N2O3.ClH/c1-4-7-9-11-13-15-17-19-21-23-25-27-29-31-39-48-41-37-46(36-6-3,43-45-35-33-34-44(45)47)38-42-49-40-32-30-28-26-24-22-20-18-16-14-12-10-8-5-2;/h4-43H2,1-3H3;1H/q+1;/p-1. The van der Waals surface area contributed by atoms with E-state index < -0.39 is 0 Å². The lowest BCUT2D eigenvalue weighted by molar-refractivity contribution is -0.936. The van der Waals surface area contributed by atoms with Crippen LogP contribution in [0, 0.1) is 0 Å². The molecule has 0 saturated carbocycles. The summed E-state index contributed by atoms with van der Waals surface area (Å²) >= 11 is 0. The monoisotopic (exact) mass is 729 g/mol. The molecule has 1 aliphatic heterocycles. The highest BCUT2D eigenvalue weighted by Crippen LogP contribution is 2.18. The van der Waals surface area contributed by atoms with E-state index in [9.17, 15) is 4.79 Å². The molecule has 0 unspecified atom stereocenters. The van der Waals surface area contributed by atoms with Gasteiger partial charge in [-0.05, 0) is 25.7 Å². The van der Waals surface area contributed by atoms with Crippen molar-refractivity contribution in [3.05, 3.63) is 0 Å². The third-order valence-corrected chi connectivity index (χ3v) is 11.0. The molecule has 6 heteroatoms. The molecule has 1 rings (SSSR count). The maximum Gasteiger partial charge on any atom is 0.226 e. The van der Waals surface area contributed by atoms with Gasteiger partial charge in [0.05, 0.1) is 19.8 Å². The van der Waals surface area contributed by atoms with Crippen LogP contribution in [0.5, 0.6) is 0 Å². The number of ether oxygens (including phenoxy) is 2. The molecule has 300 valence electrons. The minimum Gasteiger partial charge on any atom is -1.00 e. The Morgan fingerprint density at radius 1 is 0.460 bits per heavy atom. The predicted molar refractivity (Wildman–Crippen MR) is 213 cm³/mol. The lowest BCUT2D eigenvalue weighted by atomic mass is 10.0. The summed E-state index contributed by atoms with van der Waals surface area (Å²) in [7, 11) is 0. The van der Waals surface area contributed by atoms with Crippen molar-refractivity contribution >= 4 is 5.91 Å². The zero-order valence-electron chi connectivity index (χ0n) is 34.3. The third kappa shape index (κ3) is 30.1. The molecule has 1 fully saturated rings. The summed E-state index contributed by atoms with van der Waals surface area (Å²) in [4.78, 5) is 14.7. The SMILES string of the molecule is CCCCCCCCCCCCCCCCOCC[N+](CCC)(CCOCCCCCCCCCCCCCCCC)CN1CCCC1=O.[Cl-]. The number of carbonyl (C=O) groups excluding carboxylic acids is 1. The predicted octanol–water partition coefficient (Wildman–Crippen LogP) is 9.79. The highest BCUT2D eigenvalue weighted by molar-refractivity contribution is 5.77. The number of quaternary nitrogens is 1. The molecule has 1 heterocycles. The Kier molecular flexibility index (Phi) is 38.1. The average molecular weight is 730 g/mol. The van der Waals surface area contributed by atoms with Crippen molar-refractivity contribution in [2.45, 2.75) is 220 Å². The normalized spacial score (nSPS) is 13.4. The van der Waals surface area contributed by atoms with E-state index in [1.54, 1.807) is 0 Å². The lowest BCUT2D eigenvalue weighted by Crippen LogP contribution is -3.00. The second-order valence-corrected chi connectivity index (χ2v) is 15.8. The summed E-state index contributed by atoms with van der Waals surface area (Å²) in [5, 5.41) is 0. The number of carbonyl (C=O) groups is 1. The van der Waals surface area contributed by atoms with Gasteiger partial charge in [0.15, 0.2) is 6.67 Å². The number of hydrogen-bond acceptors (Lipinski definition) is 3. The van der Waals surface area contributed by atoms with E-state index in [1.165, 1.54) is 180 Å². The largest absolute Gasteiger partial charge is 1.00 e. The zero-order valence-corrected chi connectivity index (χ0v) is 35.0. The van der Waals surface area contributed by atoms with Gasteiger partial charge in [-0.1, -0.05) is 188 Å². The summed E-state index contributed by atoms with van der Waals surface area (Å²) < 4.78 is 13.4. The topological polar surface area (TPSA) is 38.8 Å².